The molecular weight excluding hydrogens is 332 g/mol. The summed E-state index contributed by atoms with van der Waals surface area (Å²) in [7, 11) is -3.64. The fourth-order valence-corrected chi connectivity index (χ4v) is 3.50. The minimum Gasteiger partial charge on any atom is -0.355 e. The molecule has 1 atom stereocenters. The van der Waals surface area contributed by atoms with Gasteiger partial charge in [0.15, 0.2) is 0 Å². The van der Waals surface area contributed by atoms with Crippen molar-refractivity contribution in [2.24, 2.45) is 0 Å². The van der Waals surface area contributed by atoms with Crippen molar-refractivity contribution in [1.29, 1.82) is 0 Å². The summed E-state index contributed by atoms with van der Waals surface area (Å²) in [6.45, 7) is 0.608. The Kier molecular flexibility index (Phi) is 4.59. The number of carbonyl (C=O) groups excluding carboxylic acids is 1. The normalized spacial score (nSPS) is 20.1. The van der Waals surface area contributed by atoms with Gasteiger partial charge in [0, 0.05) is 11.9 Å². The second-order valence-corrected chi connectivity index (χ2v) is 6.66. The Hall–Kier alpha value is -0.920. The van der Waals surface area contributed by atoms with Gasteiger partial charge in [0.25, 0.3) is 0 Å². The number of alkyl halides is 1. The van der Waals surface area contributed by atoms with E-state index < -0.39 is 16.1 Å². The molecule has 1 heterocycles. The van der Waals surface area contributed by atoms with Crippen LogP contribution in [-0.4, -0.2) is 26.9 Å². The van der Waals surface area contributed by atoms with Gasteiger partial charge in [-0.05, 0) is 30.5 Å². The Morgan fingerprint density at radius 3 is 2.58 bits per heavy atom. The minimum atomic E-state index is -3.64. The zero-order valence-electron chi connectivity index (χ0n) is 10.2. The first-order chi connectivity index (χ1) is 9.03. The SMILES string of the molecule is O=C1NCCCC1NS(=O)(=O)c1ccc(CBr)cc1. The van der Waals surface area contributed by atoms with Crippen LogP contribution in [0, 0.1) is 0 Å². The van der Waals surface area contributed by atoms with Crippen molar-refractivity contribution in [2.45, 2.75) is 29.1 Å². The highest BCUT2D eigenvalue weighted by atomic mass is 79.9. The molecule has 0 radical (unpaired) electrons. The average Bonchev–Trinajstić information content (AvgIpc) is 2.41. The predicted molar refractivity (Wildman–Crippen MR) is 75.4 cm³/mol. The van der Waals surface area contributed by atoms with Crippen molar-refractivity contribution in [3.8, 4) is 0 Å². The Balaban J connectivity index is 2.14. The summed E-state index contributed by atoms with van der Waals surface area (Å²) in [6.07, 6.45) is 1.31. The Bertz CT molecular complexity index is 557. The lowest BCUT2D eigenvalue weighted by Gasteiger charge is -2.22. The van der Waals surface area contributed by atoms with E-state index in [2.05, 4.69) is 26.0 Å². The summed E-state index contributed by atoms with van der Waals surface area (Å²) < 4.78 is 26.7. The summed E-state index contributed by atoms with van der Waals surface area (Å²) in [5.41, 5.74) is 0.995. The van der Waals surface area contributed by atoms with Crippen molar-refractivity contribution in [1.82, 2.24) is 10.0 Å². The molecule has 1 fully saturated rings. The van der Waals surface area contributed by atoms with Crippen LogP contribution in [-0.2, 0) is 20.1 Å². The lowest BCUT2D eigenvalue weighted by Crippen LogP contribution is -2.50. The molecule has 7 heteroatoms. The van der Waals surface area contributed by atoms with Crippen LogP contribution < -0.4 is 10.0 Å². The lowest BCUT2D eigenvalue weighted by atomic mass is 10.1. The standard InChI is InChI=1S/C12H15BrN2O3S/c13-8-9-3-5-10(6-4-9)19(17,18)15-11-2-1-7-14-12(11)16/h3-6,11,15H,1-2,7-8H2,(H,14,16). The molecule has 1 amide bonds. The van der Waals surface area contributed by atoms with Crippen LogP contribution in [0.4, 0.5) is 0 Å². The van der Waals surface area contributed by atoms with E-state index in [1.54, 1.807) is 24.3 Å². The van der Waals surface area contributed by atoms with E-state index in [9.17, 15) is 13.2 Å². The zero-order chi connectivity index (χ0) is 13.9. The summed E-state index contributed by atoms with van der Waals surface area (Å²) in [4.78, 5) is 11.7. The number of hydrogen-bond acceptors (Lipinski definition) is 3. The van der Waals surface area contributed by atoms with E-state index in [0.717, 1.165) is 12.0 Å². The minimum absolute atomic E-state index is 0.176. The largest absolute Gasteiger partial charge is 0.355 e. The molecule has 0 saturated carbocycles. The first-order valence-corrected chi connectivity index (χ1v) is 8.58. The number of sulfonamides is 1. The Morgan fingerprint density at radius 1 is 1.32 bits per heavy atom. The third-order valence-electron chi connectivity index (χ3n) is 2.97. The summed E-state index contributed by atoms with van der Waals surface area (Å²) >= 11 is 3.30. The smallest absolute Gasteiger partial charge is 0.241 e. The van der Waals surface area contributed by atoms with E-state index in [0.29, 0.717) is 18.3 Å². The maximum absolute atomic E-state index is 12.1. The van der Waals surface area contributed by atoms with Crippen molar-refractivity contribution in [3.05, 3.63) is 29.8 Å². The molecule has 5 nitrogen and oxygen atoms in total. The second kappa shape index (κ2) is 6.02. The van der Waals surface area contributed by atoms with Gasteiger partial charge < -0.3 is 5.32 Å². The lowest BCUT2D eigenvalue weighted by molar-refractivity contribution is -0.124. The van der Waals surface area contributed by atoms with Crippen LogP contribution in [0.5, 0.6) is 0 Å². The zero-order valence-corrected chi connectivity index (χ0v) is 12.6. The average molecular weight is 347 g/mol. The monoisotopic (exact) mass is 346 g/mol. The fourth-order valence-electron chi connectivity index (χ4n) is 1.90. The summed E-state index contributed by atoms with van der Waals surface area (Å²) in [6, 6.07) is 5.89. The van der Waals surface area contributed by atoms with Crippen molar-refractivity contribution in [3.63, 3.8) is 0 Å². The van der Waals surface area contributed by atoms with E-state index >= 15 is 0 Å². The van der Waals surface area contributed by atoms with Gasteiger partial charge in [-0.2, -0.15) is 4.72 Å². The molecule has 1 unspecified atom stereocenters. The van der Waals surface area contributed by atoms with Crippen LogP contribution in [0.2, 0.25) is 0 Å². The van der Waals surface area contributed by atoms with Gasteiger partial charge in [-0.1, -0.05) is 28.1 Å². The number of rotatable bonds is 4. The van der Waals surface area contributed by atoms with E-state index in [1.807, 2.05) is 0 Å². The van der Waals surface area contributed by atoms with Gasteiger partial charge in [-0.25, -0.2) is 8.42 Å². The quantitative estimate of drug-likeness (QED) is 0.802. The fraction of sp³-hybridized carbons (Fsp3) is 0.417. The molecule has 1 aromatic rings. The number of nitrogens with one attached hydrogen (secondary N) is 2. The highest BCUT2D eigenvalue weighted by molar-refractivity contribution is 9.08. The predicted octanol–water partition coefficient (Wildman–Crippen LogP) is 1.14. The molecule has 1 aliphatic heterocycles. The molecule has 0 spiro atoms. The molecule has 0 bridgehead atoms. The maximum atomic E-state index is 12.1. The first kappa shape index (κ1) is 14.5. The topological polar surface area (TPSA) is 75.3 Å². The Labute approximate surface area is 121 Å². The molecule has 1 aliphatic rings. The highest BCUT2D eigenvalue weighted by Gasteiger charge is 2.27. The van der Waals surface area contributed by atoms with Crippen LogP contribution in [0.3, 0.4) is 0 Å². The molecule has 1 aromatic carbocycles. The van der Waals surface area contributed by atoms with Gasteiger partial charge in [0.2, 0.25) is 15.9 Å². The maximum Gasteiger partial charge on any atom is 0.241 e. The van der Waals surface area contributed by atoms with Crippen LogP contribution >= 0.6 is 15.9 Å². The van der Waals surface area contributed by atoms with E-state index in [4.69, 9.17) is 0 Å². The Morgan fingerprint density at radius 2 is 2.00 bits per heavy atom. The van der Waals surface area contributed by atoms with Crippen LogP contribution in [0.1, 0.15) is 18.4 Å². The number of halogens is 1. The number of hydrogen-bond donors (Lipinski definition) is 2. The third-order valence-corrected chi connectivity index (χ3v) is 5.11. The number of carbonyl (C=O) groups is 1. The van der Waals surface area contributed by atoms with Gasteiger partial charge in [-0.3, -0.25) is 4.79 Å². The summed E-state index contributed by atoms with van der Waals surface area (Å²) in [5.74, 6) is -0.257. The molecule has 2 rings (SSSR count). The molecule has 0 aromatic heterocycles. The van der Waals surface area contributed by atoms with Crippen LogP contribution in [0.25, 0.3) is 0 Å². The summed E-state index contributed by atoms with van der Waals surface area (Å²) in [5, 5.41) is 3.32. The second-order valence-electron chi connectivity index (χ2n) is 4.38. The molecule has 19 heavy (non-hydrogen) atoms. The van der Waals surface area contributed by atoms with Gasteiger partial charge >= 0.3 is 0 Å². The molecule has 1 saturated heterocycles. The molecule has 104 valence electrons. The van der Waals surface area contributed by atoms with E-state index in [-0.39, 0.29) is 10.8 Å². The molecular formula is C12H15BrN2O3S. The number of amides is 1. The highest BCUT2D eigenvalue weighted by Crippen LogP contribution is 2.14. The molecule has 2 N–H and O–H groups in total. The third kappa shape index (κ3) is 3.55. The van der Waals surface area contributed by atoms with Gasteiger partial charge in [-0.15, -0.1) is 0 Å². The van der Waals surface area contributed by atoms with Crippen molar-refractivity contribution in [2.75, 3.05) is 6.54 Å². The first-order valence-electron chi connectivity index (χ1n) is 5.98. The van der Waals surface area contributed by atoms with Crippen LogP contribution in [0.15, 0.2) is 29.2 Å². The van der Waals surface area contributed by atoms with E-state index in [1.165, 1.54) is 0 Å². The molecule has 0 aliphatic carbocycles. The number of benzene rings is 1. The van der Waals surface area contributed by atoms with Gasteiger partial charge in [0.05, 0.1) is 4.90 Å². The van der Waals surface area contributed by atoms with Crippen molar-refractivity contribution >= 4 is 31.9 Å². The van der Waals surface area contributed by atoms with Gasteiger partial charge in [0.1, 0.15) is 6.04 Å². The van der Waals surface area contributed by atoms with Crippen molar-refractivity contribution < 1.29 is 13.2 Å². The number of piperidine rings is 1.